The van der Waals surface area contributed by atoms with E-state index in [9.17, 15) is 4.79 Å². The van der Waals surface area contributed by atoms with Gasteiger partial charge in [-0.1, -0.05) is 24.3 Å². The largest absolute Gasteiger partial charge is 0.355 e. The zero-order valence-electron chi connectivity index (χ0n) is 16.5. The van der Waals surface area contributed by atoms with Crippen LogP contribution in [0, 0.1) is 0 Å². The second-order valence-electron chi connectivity index (χ2n) is 7.08. The average molecular weight is 405 g/mol. The first-order valence-electron chi connectivity index (χ1n) is 9.83. The van der Waals surface area contributed by atoms with Gasteiger partial charge in [0.05, 0.1) is 5.69 Å². The average Bonchev–Trinajstić information content (AvgIpc) is 3.33. The van der Waals surface area contributed by atoms with Crippen molar-refractivity contribution in [3.8, 4) is 11.3 Å². The molecule has 0 radical (unpaired) electrons. The molecule has 0 aliphatic carbocycles. The standard InChI is InChI=1S/C23H24N4OS/c1-29-20-10-4-17(5-11-20)16-24-23(28)19-8-6-18(7-9-19)21-12-13-22(26-25-21)27-14-2-3-15-27/h4-13H,2-3,14-16H2,1H3,(H,24,28). The van der Waals surface area contributed by atoms with E-state index in [2.05, 4.69) is 32.5 Å². The minimum atomic E-state index is -0.0824. The SMILES string of the molecule is CSc1ccc(CNC(=O)c2ccc(-c3ccc(N4CCCC4)nn3)cc2)cc1. The van der Waals surface area contributed by atoms with Gasteiger partial charge in [0.2, 0.25) is 0 Å². The van der Waals surface area contributed by atoms with Crippen LogP contribution in [0.1, 0.15) is 28.8 Å². The molecule has 2 heterocycles. The minimum Gasteiger partial charge on any atom is -0.355 e. The molecule has 6 heteroatoms. The monoisotopic (exact) mass is 404 g/mol. The molecular weight excluding hydrogens is 380 g/mol. The lowest BCUT2D eigenvalue weighted by Gasteiger charge is -2.15. The Hall–Kier alpha value is -2.86. The van der Waals surface area contributed by atoms with Crippen molar-refractivity contribution < 1.29 is 4.79 Å². The summed E-state index contributed by atoms with van der Waals surface area (Å²) in [5, 5.41) is 11.7. The van der Waals surface area contributed by atoms with Crippen molar-refractivity contribution >= 4 is 23.5 Å². The number of amides is 1. The van der Waals surface area contributed by atoms with E-state index in [4.69, 9.17) is 0 Å². The fourth-order valence-electron chi connectivity index (χ4n) is 3.41. The number of hydrogen-bond donors (Lipinski definition) is 1. The van der Waals surface area contributed by atoms with Gasteiger partial charge in [0.1, 0.15) is 0 Å². The number of carbonyl (C=O) groups excluding carboxylic acids is 1. The quantitative estimate of drug-likeness (QED) is 0.617. The van der Waals surface area contributed by atoms with Crippen molar-refractivity contribution in [3.63, 3.8) is 0 Å². The predicted molar refractivity (Wildman–Crippen MR) is 118 cm³/mol. The molecule has 0 unspecified atom stereocenters. The lowest BCUT2D eigenvalue weighted by atomic mass is 10.1. The first-order valence-corrected chi connectivity index (χ1v) is 11.1. The Kier molecular flexibility index (Phi) is 6.10. The number of hydrogen-bond acceptors (Lipinski definition) is 5. The smallest absolute Gasteiger partial charge is 0.251 e. The minimum absolute atomic E-state index is 0.0824. The summed E-state index contributed by atoms with van der Waals surface area (Å²) in [7, 11) is 0. The summed E-state index contributed by atoms with van der Waals surface area (Å²) >= 11 is 1.71. The molecule has 1 saturated heterocycles. The van der Waals surface area contributed by atoms with Crippen molar-refractivity contribution in [2.75, 3.05) is 24.2 Å². The van der Waals surface area contributed by atoms with Crippen LogP contribution in [0.5, 0.6) is 0 Å². The molecule has 0 saturated carbocycles. The van der Waals surface area contributed by atoms with E-state index < -0.39 is 0 Å². The second-order valence-corrected chi connectivity index (χ2v) is 7.96. The number of nitrogens with zero attached hydrogens (tertiary/aromatic N) is 3. The van der Waals surface area contributed by atoms with E-state index in [1.807, 2.05) is 54.8 Å². The highest BCUT2D eigenvalue weighted by Gasteiger charge is 2.14. The van der Waals surface area contributed by atoms with Gasteiger partial charge >= 0.3 is 0 Å². The Morgan fingerprint density at radius 3 is 2.31 bits per heavy atom. The van der Waals surface area contributed by atoms with Crippen LogP contribution in [0.4, 0.5) is 5.82 Å². The zero-order valence-corrected chi connectivity index (χ0v) is 17.3. The Labute approximate surface area is 175 Å². The fraction of sp³-hybridized carbons (Fsp3) is 0.261. The van der Waals surface area contributed by atoms with Gasteiger partial charge in [-0.15, -0.1) is 22.0 Å². The molecule has 1 N–H and O–H groups in total. The molecule has 0 atom stereocenters. The number of thioether (sulfide) groups is 1. The van der Waals surface area contributed by atoms with Crippen LogP contribution in [0.15, 0.2) is 65.6 Å². The van der Waals surface area contributed by atoms with E-state index >= 15 is 0 Å². The molecule has 1 aliphatic heterocycles. The molecule has 1 amide bonds. The van der Waals surface area contributed by atoms with E-state index in [1.165, 1.54) is 17.7 Å². The van der Waals surface area contributed by atoms with Gasteiger partial charge in [-0.3, -0.25) is 4.79 Å². The van der Waals surface area contributed by atoms with E-state index in [1.54, 1.807) is 11.8 Å². The molecule has 29 heavy (non-hydrogen) atoms. The van der Waals surface area contributed by atoms with Gasteiger partial charge < -0.3 is 10.2 Å². The molecule has 1 aliphatic rings. The highest BCUT2D eigenvalue weighted by Crippen LogP contribution is 2.21. The van der Waals surface area contributed by atoms with E-state index in [0.29, 0.717) is 12.1 Å². The van der Waals surface area contributed by atoms with Crippen LogP contribution < -0.4 is 10.2 Å². The molecule has 3 aromatic rings. The molecular formula is C23H24N4OS. The van der Waals surface area contributed by atoms with Crippen molar-refractivity contribution in [1.29, 1.82) is 0 Å². The van der Waals surface area contributed by atoms with Crippen LogP contribution in [-0.2, 0) is 6.54 Å². The van der Waals surface area contributed by atoms with Gasteiger partial charge in [0.25, 0.3) is 5.91 Å². The molecule has 4 rings (SSSR count). The number of aromatic nitrogens is 2. The number of rotatable bonds is 6. The van der Waals surface area contributed by atoms with Crippen LogP contribution in [0.2, 0.25) is 0 Å². The van der Waals surface area contributed by atoms with Crippen LogP contribution in [-0.4, -0.2) is 35.4 Å². The third kappa shape index (κ3) is 4.77. The second kappa shape index (κ2) is 9.09. The van der Waals surface area contributed by atoms with Crippen LogP contribution in [0.3, 0.4) is 0 Å². The number of nitrogens with one attached hydrogen (secondary N) is 1. The first kappa shape index (κ1) is 19.5. The third-order valence-corrected chi connectivity index (χ3v) is 5.88. The molecule has 1 aromatic heterocycles. The normalized spacial score (nSPS) is 13.5. The van der Waals surface area contributed by atoms with Gasteiger partial charge in [0.15, 0.2) is 5.82 Å². The number of carbonyl (C=O) groups is 1. The van der Waals surface area contributed by atoms with Gasteiger partial charge in [-0.25, -0.2) is 0 Å². The molecule has 0 spiro atoms. The molecule has 148 valence electrons. The third-order valence-electron chi connectivity index (χ3n) is 5.14. The van der Waals surface area contributed by atoms with E-state index in [-0.39, 0.29) is 5.91 Å². The summed E-state index contributed by atoms with van der Waals surface area (Å²) in [5.74, 6) is 0.855. The molecule has 2 aromatic carbocycles. The summed E-state index contributed by atoms with van der Waals surface area (Å²) in [6.07, 6.45) is 4.49. The maximum Gasteiger partial charge on any atom is 0.251 e. The number of benzene rings is 2. The topological polar surface area (TPSA) is 58.1 Å². The van der Waals surface area contributed by atoms with Crippen molar-refractivity contribution in [3.05, 3.63) is 71.8 Å². The van der Waals surface area contributed by atoms with Gasteiger partial charge in [0, 0.05) is 35.7 Å². The fourth-order valence-corrected chi connectivity index (χ4v) is 3.82. The summed E-state index contributed by atoms with van der Waals surface area (Å²) in [6, 6.07) is 19.7. The Morgan fingerprint density at radius 1 is 0.966 bits per heavy atom. The predicted octanol–water partition coefficient (Wildman–Crippen LogP) is 4.40. The Balaban J connectivity index is 1.37. The summed E-state index contributed by atoms with van der Waals surface area (Å²) in [6.45, 7) is 2.62. The highest BCUT2D eigenvalue weighted by atomic mass is 32.2. The number of anilines is 1. The van der Waals surface area contributed by atoms with Crippen LogP contribution in [0.25, 0.3) is 11.3 Å². The van der Waals surface area contributed by atoms with Crippen molar-refractivity contribution in [1.82, 2.24) is 15.5 Å². The lowest BCUT2D eigenvalue weighted by Crippen LogP contribution is -2.22. The molecule has 0 bridgehead atoms. The molecule has 5 nitrogen and oxygen atoms in total. The lowest BCUT2D eigenvalue weighted by molar-refractivity contribution is 0.0951. The summed E-state index contributed by atoms with van der Waals surface area (Å²) in [5.41, 5.74) is 3.49. The summed E-state index contributed by atoms with van der Waals surface area (Å²) in [4.78, 5) is 15.9. The Bertz CT molecular complexity index is 950. The maximum absolute atomic E-state index is 12.4. The van der Waals surface area contributed by atoms with Gasteiger partial charge in [-0.05, 0) is 61.1 Å². The summed E-state index contributed by atoms with van der Waals surface area (Å²) < 4.78 is 0. The first-order chi connectivity index (χ1) is 14.2. The van der Waals surface area contributed by atoms with Gasteiger partial charge in [-0.2, -0.15) is 0 Å². The van der Waals surface area contributed by atoms with Crippen molar-refractivity contribution in [2.45, 2.75) is 24.3 Å². The Morgan fingerprint density at radius 2 is 1.69 bits per heavy atom. The highest BCUT2D eigenvalue weighted by molar-refractivity contribution is 7.98. The van der Waals surface area contributed by atoms with Crippen LogP contribution >= 0.6 is 11.8 Å². The molecule has 1 fully saturated rings. The zero-order chi connectivity index (χ0) is 20.1. The maximum atomic E-state index is 12.4. The van der Waals surface area contributed by atoms with Crippen molar-refractivity contribution in [2.24, 2.45) is 0 Å². The van der Waals surface area contributed by atoms with E-state index in [0.717, 1.165) is 35.7 Å².